The van der Waals surface area contributed by atoms with E-state index in [0.29, 0.717) is 22.3 Å². The van der Waals surface area contributed by atoms with Crippen LogP contribution in [0.4, 0.5) is 0 Å². The number of esters is 1. The van der Waals surface area contributed by atoms with Crippen molar-refractivity contribution in [3.05, 3.63) is 82.4 Å². The first-order valence-corrected chi connectivity index (χ1v) is 15.9. The molecule has 1 spiro atoms. The maximum absolute atomic E-state index is 13.4. The quantitative estimate of drug-likeness (QED) is 0.113. The summed E-state index contributed by atoms with van der Waals surface area (Å²) in [5.41, 5.74) is 0.712. The van der Waals surface area contributed by atoms with Gasteiger partial charge in [0, 0.05) is 34.7 Å². The van der Waals surface area contributed by atoms with Crippen molar-refractivity contribution in [1.82, 2.24) is 0 Å². The van der Waals surface area contributed by atoms with Gasteiger partial charge >= 0.3 is 5.97 Å². The number of halogens is 1. The summed E-state index contributed by atoms with van der Waals surface area (Å²) in [4.78, 5) is 13.4. The maximum Gasteiger partial charge on any atom is 0.340 e. The fourth-order valence-corrected chi connectivity index (χ4v) is 6.73. The second-order valence-corrected chi connectivity index (χ2v) is 12.4. The lowest BCUT2D eigenvalue weighted by Gasteiger charge is -2.40. The normalized spacial score (nSPS) is 34.8. The van der Waals surface area contributed by atoms with E-state index in [9.17, 15) is 45.6 Å². The molecule has 0 saturated carbocycles. The Morgan fingerprint density at radius 2 is 1.14 bits per heavy atom. The number of fused-ring (bicyclic) bond motifs is 6. The molecule has 0 bridgehead atoms. The van der Waals surface area contributed by atoms with E-state index >= 15 is 0 Å². The number of alkyl halides is 1. The van der Waals surface area contributed by atoms with Gasteiger partial charge in [0.25, 0.3) is 0 Å². The van der Waals surface area contributed by atoms with Gasteiger partial charge in [-0.2, -0.15) is 0 Å². The molecule has 2 saturated heterocycles. The van der Waals surface area contributed by atoms with Gasteiger partial charge in [-0.1, -0.05) is 12.1 Å². The lowest BCUT2D eigenvalue weighted by atomic mass is 9.77. The number of ether oxygens (including phenoxy) is 6. The van der Waals surface area contributed by atoms with Crippen molar-refractivity contribution >= 4 is 17.6 Å². The second kappa shape index (κ2) is 12.9. The minimum atomic E-state index is -1.68. The lowest BCUT2D eigenvalue weighted by Crippen LogP contribution is -2.60. The van der Waals surface area contributed by atoms with Crippen molar-refractivity contribution in [2.75, 3.05) is 13.2 Å². The summed E-state index contributed by atoms with van der Waals surface area (Å²) < 4.78 is 35.1. The molecule has 16 heteroatoms. The van der Waals surface area contributed by atoms with Crippen LogP contribution in [0, 0.1) is 0 Å². The van der Waals surface area contributed by atoms with Gasteiger partial charge in [0.15, 0.2) is 5.60 Å². The van der Waals surface area contributed by atoms with Crippen molar-refractivity contribution in [2.24, 2.45) is 0 Å². The van der Waals surface area contributed by atoms with Gasteiger partial charge in [-0.15, -0.1) is 11.6 Å². The molecule has 2 unspecified atom stereocenters. The predicted octanol–water partition coefficient (Wildman–Crippen LogP) is -0.649. The molecular formula is C33H33ClO15. The molecule has 0 aliphatic carbocycles. The SMILES string of the molecule is O=C1OC2(c3ccc(OC4O[C@H](CO)[C@H](O)[C@H](O)[C@H]4O)cc3Oc3cc(OC4O[C@H](CO)[C@H](O)[C@H](O)[C@H]4O)ccc32)c2ccc(CCl)cc21. The molecule has 4 aliphatic heterocycles. The van der Waals surface area contributed by atoms with Crippen molar-refractivity contribution in [1.29, 1.82) is 0 Å². The topological polar surface area (TPSA) is 234 Å². The fraction of sp³-hybridized carbons (Fsp3) is 0.424. The van der Waals surface area contributed by atoms with Crippen LogP contribution in [0.2, 0.25) is 0 Å². The van der Waals surface area contributed by atoms with Crippen LogP contribution < -0.4 is 14.2 Å². The number of hydrogen-bond acceptors (Lipinski definition) is 15. The van der Waals surface area contributed by atoms with Crippen LogP contribution in [0.15, 0.2) is 54.6 Å². The van der Waals surface area contributed by atoms with E-state index in [1.807, 2.05) is 0 Å². The highest BCUT2D eigenvalue weighted by Crippen LogP contribution is 2.57. The molecule has 2 fully saturated rings. The number of carbonyl (C=O) groups excluding carboxylic acids is 1. The number of benzene rings is 3. The number of aliphatic hydroxyl groups is 8. The Labute approximate surface area is 282 Å². The summed E-state index contributed by atoms with van der Waals surface area (Å²) in [6.07, 6.45) is -15.3. The third-order valence-corrected chi connectivity index (χ3v) is 9.48. The summed E-state index contributed by atoms with van der Waals surface area (Å²) in [5.74, 6) is -0.0246. The van der Waals surface area contributed by atoms with Crippen molar-refractivity contribution in [3.8, 4) is 23.0 Å². The molecule has 15 nitrogen and oxygen atoms in total. The lowest BCUT2D eigenvalue weighted by molar-refractivity contribution is -0.277. The minimum absolute atomic E-state index is 0.0810. The molecule has 4 heterocycles. The van der Waals surface area contributed by atoms with Crippen LogP contribution in [0.5, 0.6) is 23.0 Å². The summed E-state index contributed by atoms with van der Waals surface area (Å²) in [6.45, 7) is -1.30. The van der Waals surface area contributed by atoms with E-state index in [4.69, 9.17) is 40.0 Å². The monoisotopic (exact) mass is 704 g/mol. The van der Waals surface area contributed by atoms with Gasteiger partial charge in [0.2, 0.25) is 12.6 Å². The summed E-state index contributed by atoms with van der Waals surface area (Å²) in [7, 11) is 0. The Hall–Kier alpha value is -3.58. The fourth-order valence-electron chi connectivity index (χ4n) is 6.56. The number of carbonyl (C=O) groups is 1. The largest absolute Gasteiger partial charge is 0.462 e. The molecule has 7 rings (SSSR count). The first-order chi connectivity index (χ1) is 23.5. The van der Waals surface area contributed by atoms with E-state index in [-0.39, 0.29) is 34.4 Å². The van der Waals surface area contributed by atoms with Crippen LogP contribution in [0.25, 0.3) is 0 Å². The van der Waals surface area contributed by atoms with E-state index in [1.54, 1.807) is 30.3 Å². The second-order valence-electron chi connectivity index (χ2n) is 12.1. The Morgan fingerprint density at radius 1 is 0.653 bits per heavy atom. The summed E-state index contributed by atoms with van der Waals surface area (Å²) in [6, 6.07) is 14.2. The smallest absolute Gasteiger partial charge is 0.340 e. The molecular weight excluding hydrogens is 672 g/mol. The van der Waals surface area contributed by atoms with Gasteiger partial charge in [0.1, 0.15) is 71.8 Å². The third kappa shape index (κ3) is 5.51. The van der Waals surface area contributed by atoms with Crippen LogP contribution in [0.1, 0.15) is 32.6 Å². The van der Waals surface area contributed by atoms with Crippen LogP contribution in [-0.4, -0.2) is 121 Å². The molecule has 10 atom stereocenters. The molecule has 0 amide bonds. The zero-order chi connectivity index (χ0) is 34.8. The summed E-state index contributed by atoms with van der Waals surface area (Å²) in [5, 5.41) is 81.0. The first kappa shape index (κ1) is 33.9. The minimum Gasteiger partial charge on any atom is -0.462 e. The molecule has 8 N–H and O–H groups in total. The van der Waals surface area contributed by atoms with Gasteiger partial charge < -0.3 is 69.3 Å². The zero-order valence-corrected chi connectivity index (χ0v) is 26.2. The highest BCUT2D eigenvalue weighted by molar-refractivity contribution is 6.17. The highest BCUT2D eigenvalue weighted by Gasteiger charge is 2.54. The van der Waals surface area contributed by atoms with Gasteiger partial charge in [-0.25, -0.2) is 4.79 Å². The van der Waals surface area contributed by atoms with E-state index in [2.05, 4.69) is 0 Å². The number of rotatable bonds is 7. The number of hydrogen-bond donors (Lipinski definition) is 8. The molecule has 0 aromatic heterocycles. The maximum atomic E-state index is 13.4. The Kier molecular flexibility index (Phi) is 8.96. The molecule has 0 radical (unpaired) electrons. The Morgan fingerprint density at radius 3 is 1.61 bits per heavy atom. The van der Waals surface area contributed by atoms with Gasteiger partial charge in [-0.05, 0) is 35.9 Å². The van der Waals surface area contributed by atoms with Gasteiger partial charge in [0.05, 0.1) is 18.8 Å². The molecule has 3 aromatic carbocycles. The zero-order valence-electron chi connectivity index (χ0n) is 25.4. The Bertz CT molecular complexity index is 1640. The van der Waals surface area contributed by atoms with Crippen LogP contribution in [0.3, 0.4) is 0 Å². The predicted molar refractivity (Wildman–Crippen MR) is 163 cm³/mol. The van der Waals surface area contributed by atoms with Crippen molar-refractivity contribution in [3.63, 3.8) is 0 Å². The van der Waals surface area contributed by atoms with Crippen molar-refractivity contribution in [2.45, 2.75) is 72.9 Å². The number of aliphatic hydroxyl groups excluding tert-OH is 8. The van der Waals surface area contributed by atoms with E-state index in [1.165, 1.54) is 24.3 Å². The Balaban J connectivity index is 1.28. The van der Waals surface area contributed by atoms with Crippen LogP contribution in [-0.2, 0) is 25.7 Å². The standard InChI is InChI=1S/C33H33ClO15/c34-10-13-1-4-17-16(7-13)30(43)49-33(17)18-5-2-14(44-31-28(41)26(39)24(37)22(11-35)47-31)8-20(18)46-21-9-15(3-6-19(21)33)45-32-29(42)27(40)25(38)23(12-36)48-32/h1-9,22-29,31-32,35-42H,10-12H2/t22-,23-,24+,25+,26+,27+,28-,29-,31?,32?,33?/m1/s1. The average Bonchev–Trinajstić information content (AvgIpc) is 3.39. The van der Waals surface area contributed by atoms with E-state index < -0.39 is 86.2 Å². The summed E-state index contributed by atoms with van der Waals surface area (Å²) >= 11 is 6.06. The average molecular weight is 705 g/mol. The van der Waals surface area contributed by atoms with Crippen molar-refractivity contribution < 1.29 is 74.1 Å². The third-order valence-electron chi connectivity index (χ3n) is 9.17. The first-order valence-electron chi connectivity index (χ1n) is 15.3. The molecule has 4 aliphatic rings. The molecule has 49 heavy (non-hydrogen) atoms. The molecule has 3 aromatic rings. The highest BCUT2D eigenvalue weighted by atomic mass is 35.5. The van der Waals surface area contributed by atoms with Gasteiger partial charge in [-0.3, -0.25) is 0 Å². The van der Waals surface area contributed by atoms with Crippen LogP contribution >= 0.6 is 11.6 Å². The van der Waals surface area contributed by atoms with E-state index in [0.717, 1.165) is 0 Å². The molecule has 262 valence electrons.